The lowest BCUT2D eigenvalue weighted by atomic mass is 10.0. The van der Waals surface area contributed by atoms with E-state index in [0.717, 1.165) is 4.47 Å². The van der Waals surface area contributed by atoms with Crippen LogP contribution in [-0.2, 0) is 18.4 Å². The Hall–Kier alpha value is -1.40. The van der Waals surface area contributed by atoms with E-state index < -0.39 is 0 Å². The normalized spacial score (nSPS) is 10.9. The van der Waals surface area contributed by atoms with E-state index in [1.165, 1.54) is 11.8 Å². The molecule has 0 aliphatic rings. The summed E-state index contributed by atoms with van der Waals surface area (Å²) in [5.74, 6) is 0.0927. The van der Waals surface area contributed by atoms with E-state index in [1.807, 2.05) is 0 Å². The molecule has 96 valence electrons. The van der Waals surface area contributed by atoms with Gasteiger partial charge in [0, 0.05) is 35.3 Å². The van der Waals surface area contributed by atoms with Crippen molar-refractivity contribution in [2.75, 3.05) is 12.8 Å². The Morgan fingerprint density at radius 1 is 1.44 bits per heavy atom. The number of aryl methyl sites for hydroxylation is 1. The maximum Gasteiger partial charge on any atom is 0.136 e. The van der Waals surface area contributed by atoms with Crippen LogP contribution in [0.5, 0.6) is 0 Å². The number of nitrogens with zero attached hydrogens (tertiary/aromatic N) is 2. The van der Waals surface area contributed by atoms with E-state index >= 15 is 0 Å². The molecule has 0 fully saturated rings. The molecular weight excluding hydrogens is 301 g/mol. The third-order valence-electron chi connectivity index (χ3n) is 2.69. The van der Waals surface area contributed by atoms with Gasteiger partial charge >= 0.3 is 0 Å². The number of halogens is 2. The second-order valence-corrected chi connectivity index (χ2v) is 4.84. The predicted octanol–water partition coefficient (Wildman–Crippen LogP) is 2.72. The van der Waals surface area contributed by atoms with Crippen molar-refractivity contribution >= 4 is 21.7 Å². The number of methoxy groups -OCH3 is 1. The minimum absolute atomic E-state index is 0.207. The zero-order valence-electron chi connectivity index (χ0n) is 10.1. The summed E-state index contributed by atoms with van der Waals surface area (Å²) >= 11 is 3.36. The zero-order chi connectivity index (χ0) is 13.3. The smallest absolute Gasteiger partial charge is 0.136 e. The van der Waals surface area contributed by atoms with Crippen molar-refractivity contribution in [1.82, 2.24) is 9.78 Å². The minimum Gasteiger partial charge on any atom is -0.383 e. The van der Waals surface area contributed by atoms with Crippen LogP contribution in [0.15, 0.2) is 22.8 Å². The average molecular weight is 314 g/mol. The van der Waals surface area contributed by atoms with Gasteiger partial charge in [-0.1, -0.05) is 15.9 Å². The molecule has 2 rings (SSSR count). The van der Waals surface area contributed by atoms with E-state index in [2.05, 4.69) is 21.0 Å². The number of nitrogens with two attached hydrogens (primary N) is 1. The Bertz CT molecular complexity index is 583. The molecule has 1 aromatic heterocycles. The van der Waals surface area contributed by atoms with E-state index in [4.69, 9.17) is 10.5 Å². The number of nitrogen functional groups attached to an aromatic ring is 1. The Morgan fingerprint density at radius 3 is 2.72 bits per heavy atom. The Kier molecular flexibility index (Phi) is 3.68. The van der Waals surface area contributed by atoms with Crippen molar-refractivity contribution in [3.05, 3.63) is 34.2 Å². The minimum atomic E-state index is -0.334. The first-order valence-electron chi connectivity index (χ1n) is 5.29. The summed E-state index contributed by atoms with van der Waals surface area (Å²) < 4.78 is 21.6. The van der Waals surface area contributed by atoms with Crippen molar-refractivity contribution in [3.8, 4) is 11.1 Å². The van der Waals surface area contributed by atoms with Crippen LogP contribution in [0.4, 0.5) is 10.2 Å². The highest BCUT2D eigenvalue weighted by molar-refractivity contribution is 9.10. The molecule has 0 spiro atoms. The lowest BCUT2D eigenvalue weighted by molar-refractivity contribution is 0.181. The third kappa shape index (κ3) is 2.26. The van der Waals surface area contributed by atoms with Crippen molar-refractivity contribution in [2.24, 2.45) is 7.05 Å². The van der Waals surface area contributed by atoms with Crippen LogP contribution < -0.4 is 5.73 Å². The molecule has 18 heavy (non-hydrogen) atoms. The Labute approximate surface area is 113 Å². The number of aromatic nitrogens is 2. The fraction of sp³-hybridized carbons (Fsp3) is 0.250. The molecule has 0 radical (unpaired) electrons. The van der Waals surface area contributed by atoms with Gasteiger partial charge in [-0.15, -0.1) is 0 Å². The van der Waals surface area contributed by atoms with Crippen molar-refractivity contribution in [1.29, 1.82) is 0 Å². The van der Waals surface area contributed by atoms with E-state index in [-0.39, 0.29) is 12.4 Å². The van der Waals surface area contributed by atoms with Crippen LogP contribution in [0.1, 0.15) is 5.56 Å². The maximum atomic E-state index is 14.3. The van der Waals surface area contributed by atoms with Crippen LogP contribution in [0.2, 0.25) is 0 Å². The van der Waals surface area contributed by atoms with E-state index in [9.17, 15) is 4.39 Å². The van der Waals surface area contributed by atoms with Crippen LogP contribution in [0.3, 0.4) is 0 Å². The first-order chi connectivity index (χ1) is 8.54. The molecule has 0 unspecified atom stereocenters. The number of hydrogen-bond donors (Lipinski definition) is 1. The van der Waals surface area contributed by atoms with Crippen molar-refractivity contribution in [2.45, 2.75) is 6.61 Å². The number of rotatable bonds is 3. The van der Waals surface area contributed by atoms with Gasteiger partial charge in [0.15, 0.2) is 0 Å². The van der Waals surface area contributed by atoms with Gasteiger partial charge in [-0.2, -0.15) is 5.10 Å². The van der Waals surface area contributed by atoms with Crippen molar-refractivity contribution in [3.63, 3.8) is 0 Å². The van der Waals surface area contributed by atoms with E-state index in [1.54, 1.807) is 25.4 Å². The molecule has 2 N–H and O–H groups in total. The molecule has 6 heteroatoms. The third-order valence-corrected chi connectivity index (χ3v) is 3.15. The zero-order valence-corrected chi connectivity index (χ0v) is 11.7. The monoisotopic (exact) mass is 313 g/mol. The van der Waals surface area contributed by atoms with Crippen LogP contribution in [0, 0.1) is 5.82 Å². The summed E-state index contributed by atoms with van der Waals surface area (Å²) in [7, 11) is 3.24. The topological polar surface area (TPSA) is 53.1 Å². The second kappa shape index (κ2) is 5.07. The molecule has 0 atom stereocenters. The predicted molar refractivity (Wildman–Crippen MR) is 71.4 cm³/mol. The molecule has 2 aromatic rings. The van der Waals surface area contributed by atoms with Crippen molar-refractivity contribution < 1.29 is 9.13 Å². The lowest BCUT2D eigenvalue weighted by Gasteiger charge is -2.09. The van der Waals surface area contributed by atoms with Gasteiger partial charge in [-0.3, -0.25) is 4.68 Å². The summed E-state index contributed by atoms with van der Waals surface area (Å²) in [5.41, 5.74) is 7.34. The van der Waals surface area contributed by atoms with Crippen LogP contribution >= 0.6 is 15.9 Å². The van der Waals surface area contributed by atoms with Gasteiger partial charge in [-0.25, -0.2) is 4.39 Å². The fourth-order valence-corrected chi connectivity index (χ4v) is 2.26. The molecule has 1 aromatic carbocycles. The molecule has 0 saturated heterocycles. The number of benzene rings is 1. The van der Waals surface area contributed by atoms with Gasteiger partial charge in [0.2, 0.25) is 0 Å². The number of anilines is 1. The highest BCUT2D eigenvalue weighted by Crippen LogP contribution is 2.32. The number of hydrogen-bond acceptors (Lipinski definition) is 3. The van der Waals surface area contributed by atoms with E-state index in [0.29, 0.717) is 22.5 Å². The molecule has 0 bridgehead atoms. The van der Waals surface area contributed by atoms with Crippen LogP contribution in [-0.4, -0.2) is 16.9 Å². The van der Waals surface area contributed by atoms with Gasteiger partial charge < -0.3 is 10.5 Å². The summed E-state index contributed by atoms with van der Waals surface area (Å²) in [4.78, 5) is 0. The second-order valence-electron chi connectivity index (χ2n) is 3.93. The van der Waals surface area contributed by atoms with Gasteiger partial charge in [-0.05, 0) is 12.1 Å². The summed E-state index contributed by atoms with van der Waals surface area (Å²) in [6, 6.07) is 3.37. The van der Waals surface area contributed by atoms with Gasteiger partial charge in [0.25, 0.3) is 0 Å². The first-order valence-corrected chi connectivity index (χ1v) is 6.08. The summed E-state index contributed by atoms with van der Waals surface area (Å²) in [5, 5.41) is 4.02. The molecule has 4 nitrogen and oxygen atoms in total. The highest BCUT2D eigenvalue weighted by atomic mass is 79.9. The van der Waals surface area contributed by atoms with Gasteiger partial charge in [0.1, 0.15) is 11.6 Å². The highest BCUT2D eigenvalue weighted by Gasteiger charge is 2.16. The SMILES string of the molecule is COCc1cc(Br)cc(-c2cnn(C)c2N)c1F. The molecule has 0 aliphatic carbocycles. The van der Waals surface area contributed by atoms with Gasteiger partial charge in [0.05, 0.1) is 12.8 Å². The fourth-order valence-electron chi connectivity index (χ4n) is 1.76. The molecule has 0 saturated carbocycles. The molecule has 0 aliphatic heterocycles. The standard InChI is InChI=1S/C12H13BrFN3O/c1-17-12(15)10(5-16-17)9-4-8(13)3-7(6-18-2)11(9)14/h3-5H,6,15H2,1-2H3. The largest absolute Gasteiger partial charge is 0.383 e. The summed E-state index contributed by atoms with van der Waals surface area (Å²) in [6.07, 6.45) is 1.55. The Balaban J connectivity index is 2.60. The first kappa shape index (κ1) is 13.0. The van der Waals surface area contributed by atoms with Crippen LogP contribution in [0.25, 0.3) is 11.1 Å². The molecular formula is C12H13BrFN3O. The Morgan fingerprint density at radius 2 is 2.17 bits per heavy atom. The number of ether oxygens (including phenoxy) is 1. The quantitative estimate of drug-likeness (QED) is 0.948. The maximum absolute atomic E-state index is 14.3. The molecule has 1 heterocycles. The molecule has 0 amide bonds. The lowest BCUT2D eigenvalue weighted by Crippen LogP contribution is -2.00. The average Bonchev–Trinajstić information content (AvgIpc) is 2.65. The summed E-state index contributed by atoms with van der Waals surface area (Å²) in [6.45, 7) is 0.207.